The van der Waals surface area contributed by atoms with Crippen LogP contribution in [0.25, 0.3) is 11.0 Å². The standard InChI is InChI=1S/C10H6ClNO/c11-9-3-1-2-8-7(4-5-12)6-13-10(8)9/h1-3,6H,4H2. The molecule has 0 amide bonds. The van der Waals surface area contributed by atoms with Gasteiger partial charge in [0.05, 0.1) is 23.8 Å². The molecule has 64 valence electrons. The Hall–Kier alpha value is -1.46. The number of fused-ring (bicyclic) bond motifs is 1. The van der Waals surface area contributed by atoms with Crippen LogP contribution in [0.2, 0.25) is 5.02 Å². The Labute approximate surface area is 80.3 Å². The van der Waals surface area contributed by atoms with Crippen molar-refractivity contribution in [2.24, 2.45) is 0 Å². The fourth-order valence-electron chi connectivity index (χ4n) is 1.30. The van der Waals surface area contributed by atoms with Gasteiger partial charge in [0.2, 0.25) is 0 Å². The predicted octanol–water partition coefficient (Wildman–Crippen LogP) is 3.15. The van der Waals surface area contributed by atoms with Crippen molar-refractivity contribution in [2.45, 2.75) is 6.42 Å². The molecule has 0 saturated carbocycles. The van der Waals surface area contributed by atoms with E-state index in [1.165, 1.54) is 0 Å². The van der Waals surface area contributed by atoms with Gasteiger partial charge in [-0.1, -0.05) is 23.7 Å². The molecule has 0 spiro atoms. The van der Waals surface area contributed by atoms with E-state index in [2.05, 4.69) is 6.07 Å². The van der Waals surface area contributed by atoms with Crippen molar-refractivity contribution in [3.05, 3.63) is 35.0 Å². The summed E-state index contributed by atoms with van der Waals surface area (Å²) in [6.07, 6.45) is 1.94. The van der Waals surface area contributed by atoms with Gasteiger partial charge in [-0.25, -0.2) is 0 Å². The molecule has 1 aromatic carbocycles. The number of para-hydroxylation sites is 1. The molecule has 0 aliphatic carbocycles. The highest BCUT2D eigenvalue weighted by atomic mass is 35.5. The average molecular weight is 192 g/mol. The van der Waals surface area contributed by atoms with Crippen molar-refractivity contribution in [1.29, 1.82) is 5.26 Å². The van der Waals surface area contributed by atoms with Crippen molar-refractivity contribution in [2.75, 3.05) is 0 Å². The lowest BCUT2D eigenvalue weighted by atomic mass is 10.1. The van der Waals surface area contributed by atoms with E-state index in [0.29, 0.717) is 17.0 Å². The van der Waals surface area contributed by atoms with Gasteiger partial charge in [0.15, 0.2) is 5.58 Å². The van der Waals surface area contributed by atoms with Crippen LogP contribution in [0.3, 0.4) is 0 Å². The first-order valence-corrected chi connectivity index (χ1v) is 4.22. The van der Waals surface area contributed by atoms with Gasteiger partial charge in [-0.2, -0.15) is 5.26 Å². The third-order valence-electron chi connectivity index (χ3n) is 1.90. The van der Waals surface area contributed by atoms with Crippen molar-refractivity contribution in [3.8, 4) is 6.07 Å². The predicted molar refractivity (Wildman–Crippen MR) is 50.5 cm³/mol. The Morgan fingerprint density at radius 3 is 3.08 bits per heavy atom. The van der Waals surface area contributed by atoms with Crippen LogP contribution in [-0.2, 0) is 6.42 Å². The number of halogens is 1. The van der Waals surface area contributed by atoms with E-state index in [9.17, 15) is 0 Å². The minimum atomic E-state index is 0.355. The third-order valence-corrected chi connectivity index (χ3v) is 2.20. The lowest BCUT2D eigenvalue weighted by Gasteiger charge is -1.91. The zero-order valence-corrected chi connectivity index (χ0v) is 7.51. The summed E-state index contributed by atoms with van der Waals surface area (Å²) in [4.78, 5) is 0. The molecule has 0 unspecified atom stereocenters. The highest BCUT2D eigenvalue weighted by molar-refractivity contribution is 6.34. The molecular formula is C10H6ClNO. The fourth-order valence-corrected chi connectivity index (χ4v) is 1.52. The maximum atomic E-state index is 8.54. The summed E-state index contributed by atoms with van der Waals surface area (Å²) in [5.74, 6) is 0. The smallest absolute Gasteiger partial charge is 0.152 e. The molecule has 13 heavy (non-hydrogen) atoms. The molecule has 0 saturated heterocycles. The third kappa shape index (κ3) is 1.28. The fraction of sp³-hybridized carbons (Fsp3) is 0.100. The molecule has 2 rings (SSSR count). The molecular weight excluding hydrogens is 186 g/mol. The summed E-state index contributed by atoms with van der Waals surface area (Å²) in [5.41, 5.74) is 1.55. The van der Waals surface area contributed by atoms with Crippen LogP contribution in [-0.4, -0.2) is 0 Å². The topological polar surface area (TPSA) is 36.9 Å². The van der Waals surface area contributed by atoms with Crippen LogP contribution >= 0.6 is 11.6 Å². The minimum Gasteiger partial charge on any atom is -0.462 e. The number of nitriles is 1. The Balaban J connectivity index is 2.70. The van der Waals surface area contributed by atoms with E-state index in [1.807, 2.05) is 12.1 Å². The van der Waals surface area contributed by atoms with Crippen LogP contribution in [0.1, 0.15) is 5.56 Å². The van der Waals surface area contributed by atoms with E-state index >= 15 is 0 Å². The van der Waals surface area contributed by atoms with Gasteiger partial charge >= 0.3 is 0 Å². The molecule has 0 fully saturated rings. The number of hydrogen-bond acceptors (Lipinski definition) is 2. The second-order valence-electron chi connectivity index (χ2n) is 2.71. The van der Waals surface area contributed by atoms with Crippen molar-refractivity contribution in [3.63, 3.8) is 0 Å². The molecule has 0 aliphatic rings. The average Bonchev–Trinajstić information content (AvgIpc) is 2.51. The van der Waals surface area contributed by atoms with Gasteiger partial charge in [0.25, 0.3) is 0 Å². The van der Waals surface area contributed by atoms with E-state index in [1.54, 1.807) is 12.3 Å². The van der Waals surface area contributed by atoms with Crippen LogP contribution in [0, 0.1) is 11.3 Å². The van der Waals surface area contributed by atoms with Gasteiger partial charge in [-0.05, 0) is 6.07 Å². The van der Waals surface area contributed by atoms with Crippen LogP contribution in [0.4, 0.5) is 0 Å². The molecule has 0 N–H and O–H groups in total. The molecule has 2 nitrogen and oxygen atoms in total. The first kappa shape index (κ1) is 8.15. The molecule has 0 radical (unpaired) electrons. The van der Waals surface area contributed by atoms with Gasteiger partial charge in [-0.15, -0.1) is 0 Å². The maximum Gasteiger partial charge on any atom is 0.152 e. The largest absolute Gasteiger partial charge is 0.462 e. The molecule has 1 aromatic heterocycles. The summed E-state index contributed by atoms with van der Waals surface area (Å²) in [6, 6.07) is 7.59. The summed E-state index contributed by atoms with van der Waals surface area (Å²) in [6.45, 7) is 0. The first-order chi connectivity index (χ1) is 6.33. The van der Waals surface area contributed by atoms with Crippen LogP contribution in [0.5, 0.6) is 0 Å². The lowest BCUT2D eigenvalue weighted by Crippen LogP contribution is -1.76. The van der Waals surface area contributed by atoms with Gasteiger partial charge < -0.3 is 4.42 Å². The highest BCUT2D eigenvalue weighted by Crippen LogP contribution is 2.27. The monoisotopic (exact) mass is 191 g/mol. The number of rotatable bonds is 1. The quantitative estimate of drug-likeness (QED) is 0.694. The molecule has 0 atom stereocenters. The van der Waals surface area contributed by atoms with E-state index < -0.39 is 0 Å². The lowest BCUT2D eigenvalue weighted by molar-refractivity contribution is 0.612. The van der Waals surface area contributed by atoms with E-state index in [0.717, 1.165) is 10.9 Å². The Bertz CT molecular complexity index is 481. The minimum absolute atomic E-state index is 0.355. The number of hydrogen-bond donors (Lipinski definition) is 0. The number of benzene rings is 1. The molecule has 3 heteroatoms. The molecule has 1 heterocycles. The molecule has 0 aliphatic heterocycles. The van der Waals surface area contributed by atoms with E-state index in [-0.39, 0.29) is 0 Å². The van der Waals surface area contributed by atoms with Crippen molar-refractivity contribution in [1.82, 2.24) is 0 Å². The maximum absolute atomic E-state index is 8.54. The Morgan fingerprint density at radius 2 is 2.31 bits per heavy atom. The highest BCUT2D eigenvalue weighted by Gasteiger charge is 2.07. The van der Waals surface area contributed by atoms with Crippen molar-refractivity contribution < 1.29 is 4.42 Å². The van der Waals surface area contributed by atoms with Gasteiger partial charge in [0, 0.05) is 10.9 Å². The zero-order valence-electron chi connectivity index (χ0n) is 6.75. The summed E-state index contributed by atoms with van der Waals surface area (Å²) < 4.78 is 5.25. The van der Waals surface area contributed by atoms with Crippen molar-refractivity contribution >= 4 is 22.6 Å². The van der Waals surface area contributed by atoms with Crippen LogP contribution in [0.15, 0.2) is 28.9 Å². The zero-order chi connectivity index (χ0) is 9.26. The van der Waals surface area contributed by atoms with E-state index in [4.69, 9.17) is 21.3 Å². The summed E-state index contributed by atoms with van der Waals surface area (Å²) >= 11 is 5.89. The Kier molecular flexibility index (Phi) is 1.96. The summed E-state index contributed by atoms with van der Waals surface area (Å²) in [5, 5.41) is 10.1. The first-order valence-electron chi connectivity index (χ1n) is 3.84. The summed E-state index contributed by atoms with van der Waals surface area (Å²) in [7, 11) is 0. The molecule has 0 bridgehead atoms. The number of nitrogens with zero attached hydrogens (tertiary/aromatic N) is 1. The Morgan fingerprint density at radius 1 is 1.46 bits per heavy atom. The number of furan rings is 1. The SMILES string of the molecule is N#CCc1coc2c(Cl)cccc12. The van der Waals surface area contributed by atoms with Gasteiger partial charge in [0.1, 0.15) is 0 Å². The second-order valence-corrected chi connectivity index (χ2v) is 3.12. The van der Waals surface area contributed by atoms with Crippen LogP contribution < -0.4 is 0 Å². The second kappa shape index (κ2) is 3.12. The molecule has 2 aromatic rings. The normalized spacial score (nSPS) is 10.2. The van der Waals surface area contributed by atoms with Gasteiger partial charge in [-0.3, -0.25) is 0 Å².